The van der Waals surface area contributed by atoms with E-state index in [-0.39, 0.29) is 5.91 Å². The van der Waals surface area contributed by atoms with E-state index in [0.29, 0.717) is 11.6 Å². The first kappa shape index (κ1) is 13.4. The summed E-state index contributed by atoms with van der Waals surface area (Å²) in [7, 11) is 0. The minimum atomic E-state index is -0.0881. The molecule has 19 heavy (non-hydrogen) atoms. The van der Waals surface area contributed by atoms with Crippen LogP contribution in [0.4, 0.5) is 5.69 Å². The first-order valence-corrected chi connectivity index (χ1v) is 6.26. The molecule has 0 saturated carbocycles. The van der Waals surface area contributed by atoms with Gasteiger partial charge in [0, 0.05) is 17.6 Å². The van der Waals surface area contributed by atoms with Crippen molar-refractivity contribution in [1.82, 2.24) is 0 Å². The summed E-state index contributed by atoms with van der Waals surface area (Å²) >= 11 is 5.81. The highest BCUT2D eigenvalue weighted by Crippen LogP contribution is 2.17. The van der Waals surface area contributed by atoms with E-state index < -0.39 is 0 Å². The third kappa shape index (κ3) is 4.30. The van der Waals surface area contributed by atoms with Crippen LogP contribution in [-0.4, -0.2) is 5.91 Å². The summed E-state index contributed by atoms with van der Waals surface area (Å²) in [4.78, 5) is 10.9. The zero-order valence-corrected chi connectivity index (χ0v) is 11.3. The largest absolute Gasteiger partial charge is 0.489 e. The summed E-state index contributed by atoms with van der Waals surface area (Å²) in [5.74, 6) is 0.666. The minimum Gasteiger partial charge on any atom is -0.489 e. The van der Waals surface area contributed by atoms with Gasteiger partial charge in [-0.25, -0.2) is 0 Å². The Morgan fingerprint density at radius 1 is 1.11 bits per heavy atom. The lowest BCUT2D eigenvalue weighted by atomic mass is 10.2. The normalized spacial score (nSPS) is 10.0. The van der Waals surface area contributed by atoms with Gasteiger partial charge in [0.25, 0.3) is 0 Å². The molecule has 0 unspecified atom stereocenters. The highest BCUT2D eigenvalue weighted by atomic mass is 35.5. The molecule has 0 aliphatic heterocycles. The highest BCUT2D eigenvalue weighted by molar-refractivity contribution is 6.30. The molecule has 0 saturated heterocycles. The van der Waals surface area contributed by atoms with E-state index in [4.69, 9.17) is 16.3 Å². The van der Waals surface area contributed by atoms with Gasteiger partial charge in [-0.05, 0) is 42.0 Å². The molecule has 2 rings (SSSR count). The molecule has 3 nitrogen and oxygen atoms in total. The van der Waals surface area contributed by atoms with Gasteiger partial charge in [0.05, 0.1) is 0 Å². The summed E-state index contributed by atoms with van der Waals surface area (Å²) < 4.78 is 5.64. The van der Waals surface area contributed by atoms with E-state index in [9.17, 15) is 4.79 Å². The molecule has 1 N–H and O–H groups in total. The Morgan fingerprint density at radius 3 is 2.32 bits per heavy atom. The van der Waals surface area contributed by atoms with Crippen LogP contribution < -0.4 is 10.1 Å². The van der Waals surface area contributed by atoms with Crippen molar-refractivity contribution in [2.24, 2.45) is 0 Å². The topological polar surface area (TPSA) is 38.3 Å². The number of hydrogen-bond donors (Lipinski definition) is 1. The molecular formula is C15H14ClNO2. The number of ether oxygens (including phenoxy) is 1. The van der Waals surface area contributed by atoms with Crippen molar-refractivity contribution in [2.45, 2.75) is 13.5 Å². The third-order valence-corrected chi connectivity index (χ3v) is 2.75. The van der Waals surface area contributed by atoms with E-state index in [1.165, 1.54) is 6.92 Å². The maximum Gasteiger partial charge on any atom is 0.221 e. The lowest BCUT2D eigenvalue weighted by molar-refractivity contribution is -0.114. The Balaban J connectivity index is 1.92. The fourth-order valence-corrected chi connectivity index (χ4v) is 1.71. The van der Waals surface area contributed by atoms with Crippen molar-refractivity contribution in [3.63, 3.8) is 0 Å². The number of benzene rings is 2. The third-order valence-electron chi connectivity index (χ3n) is 2.49. The average Bonchev–Trinajstić information content (AvgIpc) is 2.39. The molecule has 0 fully saturated rings. The van der Waals surface area contributed by atoms with Crippen molar-refractivity contribution in [1.29, 1.82) is 0 Å². The van der Waals surface area contributed by atoms with Crippen LogP contribution in [0.3, 0.4) is 0 Å². The number of halogens is 1. The van der Waals surface area contributed by atoms with E-state index in [1.807, 2.05) is 36.4 Å². The molecule has 0 aromatic heterocycles. The molecule has 0 radical (unpaired) electrons. The summed E-state index contributed by atoms with van der Waals surface area (Å²) in [6.45, 7) is 1.96. The zero-order valence-electron chi connectivity index (χ0n) is 10.5. The van der Waals surface area contributed by atoms with Crippen LogP contribution in [0.1, 0.15) is 12.5 Å². The van der Waals surface area contributed by atoms with Crippen LogP contribution in [-0.2, 0) is 11.4 Å². The van der Waals surface area contributed by atoms with Crippen LogP contribution in [0.5, 0.6) is 5.75 Å². The predicted molar refractivity (Wildman–Crippen MR) is 76.5 cm³/mol. The summed E-state index contributed by atoms with van der Waals surface area (Å²) in [6.07, 6.45) is 0. The molecule has 0 bridgehead atoms. The molecule has 1 amide bonds. The molecule has 0 aliphatic rings. The van der Waals surface area contributed by atoms with Gasteiger partial charge < -0.3 is 10.1 Å². The van der Waals surface area contributed by atoms with Crippen molar-refractivity contribution < 1.29 is 9.53 Å². The van der Waals surface area contributed by atoms with E-state index in [0.717, 1.165) is 17.0 Å². The first-order valence-electron chi connectivity index (χ1n) is 5.88. The molecule has 2 aromatic carbocycles. The number of carbonyl (C=O) groups excluding carboxylic acids is 1. The van der Waals surface area contributed by atoms with Gasteiger partial charge in [0.15, 0.2) is 0 Å². The van der Waals surface area contributed by atoms with Crippen LogP contribution in [0.15, 0.2) is 48.5 Å². The van der Waals surface area contributed by atoms with Crippen molar-refractivity contribution >= 4 is 23.2 Å². The summed E-state index contributed by atoms with van der Waals surface area (Å²) in [5, 5.41) is 3.41. The Hall–Kier alpha value is -2.00. The minimum absolute atomic E-state index is 0.0881. The number of amides is 1. The molecule has 0 aliphatic carbocycles. The molecule has 98 valence electrons. The van der Waals surface area contributed by atoms with E-state index in [2.05, 4.69) is 5.32 Å². The van der Waals surface area contributed by atoms with Crippen molar-refractivity contribution in [3.8, 4) is 5.75 Å². The fraction of sp³-hybridized carbons (Fsp3) is 0.133. The molecular weight excluding hydrogens is 262 g/mol. The smallest absolute Gasteiger partial charge is 0.221 e. The predicted octanol–water partition coefficient (Wildman–Crippen LogP) is 3.88. The second-order valence-corrected chi connectivity index (χ2v) is 4.56. The van der Waals surface area contributed by atoms with Gasteiger partial charge in [-0.15, -0.1) is 0 Å². The number of anilines is 1. The maximum atomic E-state index is 10.9. The van der Waals surface area contributed by atoms with E-state index >= 15 is 0 Å². The van der Waals surface area contributed by atoms with Crippen molar-refractivity contribution in [2.75, 3.05) is 5.32 Å². The number of rotatable bonds is 4. The Bertz CT molecular complexity index is 549. The summed E-state index contributed by atoms with van der Waals surface area (Å²) in [5.41, 5.74) is 1.81. The SMILES string of the molecule is CC(=O)Nc1ccc(OCc2ccc(Cl)cc2)cc1. The molecule has 0 atom stereocenters. The van der Waals surface area contributed by atoms with Crippen molar-refractivity contribution in [3.05, 3.63) is 59.1 Å². The highest BCUT2D eigenvalue weighted by Gasteiger charge is 1.98. The Labute approximate surface area is 117 Å². The monoisotopic (exact) mass is 275 g/mol. The van der Waals surface area contributed by atoms with Gasteiger partial charge in [0.2, 0.25) is 5.91 Å². The fourth-order valence-electron chi connectivity index (χ4n) is 1.59. The van der Waals surface area contributed by atoms with Gasteiger partial charge in [-0.1, -0.05) is 23.7 Å². The Morgan fingerprint density at radius 2 is 1.74 bits per heavy atom. The zero-order chi connectivity index (χ0) is 13.7. The Kier molecular flexibility index (Phi) is 4.42. The maximum absolute atomic E-state index is 10.9. The molecule has 2 aromatic rings. The number of carbonyl (C=O) groups is 1. The second-order valence-electron chi connectivity index (χ2n) is 4.12. The van der Waals surface area contributed by atoms with Gasteiger partial charge in [-0.2, -0.15) is 0 Å². The molecule has 4 heteroatoms. The quantitative estimate of drug-likeness (QED) is 0.920. The van der Waals surface area contributed by atoms with E-state index in [1.54, 1.807) is 12.1 Å². The van der Waals surface area contributed by atoms with Gasteiger partial charge >= 0.3 is 0 Å². The number of hydrogen-bond acceptors (Lipinski definition) is 2. The number of nitrogens with one attached hydrogen (secondary N) is 1. The average molecular weight is 276 g/mol. The van der Waals surface area contributed by atoms with Crippen LogP contribution in [0, 0.1) is 0 Å². The lowest BCUT2D eigenvalue weighted by Gasteiger charge is -2.07. The van der Waals surface area contributed by atoms with Crippen LogP contribution >= 0.6 is 11.6 Å². The lowest BCUT2D eigenvalue weighted by Crippen LogP contribution is -2.05. The second kappa shape index (κ2) is 6.25. The van der Waals surface area contributed by atoms with Gasteiger partial charge in [-0.3, -0.25) is 4.79 Å². The standard InChI is InChI=1S/C15H14ClNO2/c1-11(18)17-14-6-8-15(9-7-14)19-10-12-2-4-13(16)5-3-12/h2-9H,10H2,1H3,(H,17,18). The molecule has 0 heterocycles. The van der Waals surface area contributed by atoms with Crippen LogP contribution in [0.25, 0.3) is 0 Å². The molecule has 0 spiro atoms. The van der Waals surface area contributed by atoms with Crippen LogP contribution in [0.2, 0.25) is 5.02 Å². The van der Waals surface area contributed by atoms with Gasteiger partial charge in [0.1, 0.15) is 12.4 Å². The summed E-state index contributed by atoms with van der Waals surface area (Å²) in [6, 6.07) is 14.8. The first-order chi connectivity index (χ1) is 9.13.